The number of ketones is 1. The van der Waals surface area contributed by atoms with Crippen molar-refractivity contribution in [2.75, 3.05) is 0 Å². The Morgan fingerprint density at radius 2 is 2.33 bits per heavy atom. The second-order valence-corrected chi connectivity index (χ2v) is 2.51. The lowest BCUT2D eigenvalue weighted by atomic mass is 10.2. The fourth-order valence-electron chi connectivity index (χ4n) is 1.10. The summed E-state index contributed by atoms with van der Waals surface area (Å²) in [7, 11) is 0. The van der Waals surface area contributed by atoms with Gasteiger partial charge in [0.25, 0.3) is 0 Å². The smallest absolute Gasteiger partial charge is 0.163 e. The molecule has 0 saturated carbocycles. The number of rotatable bonds is 1. The summed E-state index contributed by atoms with van der Waals surface area (Å²) in [5, 5.41) is 7.86. The Kier molecular flexibility index (Phi) is 1.40. The maximum absolute atomic E-state index is 11.0. The Bertz CT molecular complexity index is 433. The van der Waals surface area contributed by atoms with E-state index in [0.29, 0.717) is 5.56 Å². The Morgan fingerprint density at radius 1 is 1.50 bits per heavy atom. The maximum Gasteiger partial charge on any atom is 0.163 e. The van der Waals surface area contributed by atoms with Crippen molar-refractivity contribution in [3.05, 3.63) is 30.1 Å². The second-order valence-electron chi connectivity index (χ2n) is 2.51. The minimum atomic E-state index is 0.0120. The average Bonchev–Trinajstić information content (AvgIpc) is 2.47. The monoisotopic (exact) mass is 161 g/mol. The molecule has 2 aromatic rings. The zero-order valence-electron chi connectivity index (χ0n) is 6.56. The molecule has 12 heavy (non-hydrogen) atoms. The molecule has 0 fully saturated rings. The molecule has 0 aliphatic heterocycles. The normalized spacial score (nSPS) is 10.4. The van der Waals surface area contributed by atoms with Gasteiger partial charge >= 0.3 is 0 Å². The molecule has 0 spiro atoms. The fraction of sp³-hybridized carbons (Fsp3) is 0.125. The Hall–Kier alpha value is -1.71. The van der Waals surface area contributed by atoms with Gasteiger partial charge in [0.1, 0.15) is 0 Å². The van der Waals surface area contributed by atoms with E-state index in [9.17, 15) is 4.79 Å². The van der Waals surface area contributed by atoms with Gasteiger partial charge in [0, 0.05) is 6.20 Å². The standard InChI is InChI=1S/C8H7N3O/c1-6(12)7-5-10-11-8(7)3-2-4-9-11/h2-5H,1H3. The molecule has 60 valence electrons. The predicted molar refractivity (Wildman–Crippen MR) is 43.0 cm³/mol. The lowest BCUT2D eigenvalue weighted by Gasteiger charge is -1.90. The van der Waals surface area contributed by atoms with Crippen LogP contribution < -0.4 is 0 Å². The third-order valence-corrected chi connectivity index (χ3v) is 1.68. The average molecular weight is 161 g/mol. The van der Waals surface area contributed by atoms with Crippen molar-refractivity contribution in [3.63, 3.8) is 0 Å². The number of aromatic nitrogens is 3. The highest BCUT2D eigenvalue weighted by Crippen LogP contribution is 2.08. The van der Waals surface area contributed by atoms with Gasteiger partial charge in [0.15, 0.2) is 5.78 Å². The van der Waals surface area contributed by atoms with Gasteiger partial charge in [0.05, 0.1) is 17.3 Å². The number of carbonyl (C=O) groups is 1. The van der Waals surface area contributed by atoms with Crippen LogP contribution in [0.2, 0.25) is 0 Å². The van der Waals surface area contributed by atoms with Crippen LogP contribution >= 0.6 is 0 Å². The minimum Gasteiger partial charge on any atom is -0.294 e. The van der Waals surface area contributed by atoms with Gasteiger partial charge < -0.3 is 0 Å². The Labute approximate surface area is 68.8 Å². The number of hydrogen-bond acceptors (Lipinski definition) is 3. The van der Waals surface area contributed by atoms with E-state index < -0.39 is 0 Å². The number of Topliss-reactive ketones (excluding diaryl/α,β-unsaturated/α-hetero) is 1. The first-order valence-corrected chi connectivity index (χ1v) is 3.59. The van der Waals surface area contributed by atoms with E-state index >= 15 is 0 Å². The lowest BCUT2D eigenvalue weighted by molar-refractivity contribution is 0.101. The van der Waals surface area contributed by atoms with Gasteiger partial charge in [-0.15, -0.1) is 0 Å². The van der Waals surface area contributed by atoms with Gasteiger partial charge in [-0.1, -0.05) is 0 Å². The highest BCUT2D eigenvalue weighted by molar-refractivity contribution is 6.00. The van der Waals surface area contributed by atoms with Crippen LogP contribution in [0.15, 0.2) is 24.5 Å². The Balaban J connectivity index is 2.79. The first-order chi connectivity index (χ1) is 5.79. The van der Waals surface area contributed by atoms with Crippen LogP contribution in [0.3, 0.4) is 0 Å². The number of fused-ring (bicyclic) bond motifs is 1. The largest absolute Gasteiger partial charge is 0.294 e. The number of hydrogen-bond donors (Lipinski definition) is 0. The molecule has 4 nitrogen and oxygen atoms in total. The summed E-state index contributed by atoms with van der Waals surface area (Å²) in [6, 6.07) is 3.60. The zero-order chi connectivity index (χ0) is 8.55. The molecule has 0 saturated heterocycles. The molecule has 0 atom stereocenters. The molecular formula is C8H7N3O. The van der Waals surface area contributed by atoms with Crippen molar-refractivity contribution in [2.24, 2.45) is 0 Å². The summed E-state index contributed by atoms with van der Waals surface area (Å²) in [6.07, 6.45) is 3.16. The van der Waals surface area contributed by atoms with Crippen molar-refractivity contribution >= 4 is 11.3 Å². The molecule has 0 radical (unpaired) electrons. The topological polar surface area (TPSA) is 47.3 Å². The van der Waals surface area contributed by atoms with Crippen molar-refractivity contribution in [1.29, 1.82) is 0 Å². The second kappa shape index (κ2) is 2.41. The molecule has 0 bridgehead atoms. The van der Waals surface area contributed by atoms with E-state index in [2.05, 4.69) is 10.2 Å². The first-order valence-electron chi connectivity index (χ1n) is 3.59. The third-order valence-electron chi connectivity index (χ3n) is 1.68. The van der Waals surface area contributed by atoms with Gasteiger partial charge in [-0.25, -0.2) is 0 Å². The molecule has 0 aromatic carbocycles. The van der Waals surface area contributed by atoms with Crippen LogP contribution in [0.5, 0.6) is 0 Å². The van der Waals surface area contributed by atoms with Crippen LogP contribution in [0.25, 0.3) is 5.52 Å². The summed E-state index contributed by atoms with van der Waals surface area (Å²) >= 11 is 0. The lowest BCUT2D eigenvalue weighted by Crippen LogP contribution is -1.93. The van der Waals surface area contributed by atoms with Crippen LogP contribution in [0.4, 0.5) is 0 Å². The molecule has 0 aliphatic carbocycles. The van der Waals surface area contributed by atoms with Crippen LogP contribution in [-0.4, -0.2) is 20.6 Å². The molecule has 4 heteroatoms. The molecule has 0 N–H and O–H groups in total. The molecule has 0 amide bonds. The summed E-state index contributed by atoms with van der Waals surface area (Å²) in [5.41, 5.74) is 1.37. The van der Waals surface area contributed by atoms with Crippen molar-refractivity contribution in [3.8, 4) is 0 Å². The van der Waals surface area contributed by atoms with E-state index in [1.54, 1.807) is 12.3 Å². The van der Waals surface area contributed by atoms with E-state index in [4.69, 9.17) is 0 Å². The van der Waals surface area contributed by atoms with Gasteiger partial charge in [-0.05, 0) is 19.1 Å². The first kappa shape index (κ1) is 6.97. The van der Waals surface area contributed by atoms with Crippen LogP contribution in [-0.2, 0) is 0 Å². The molecular weight excluding hydrogens is 154 g/mol. The Morgan fingerprint density at radius 3 is 3.08 bits per heavy atom. The molecule has 0 unspecified atom stereocenters. The highest BCUT2D eigenvalue weighted by atomic mass is 16.1. The molecule has 2 aromatic heterocycles. The fourth-order valence-corrected chi connectivity index (χ4v) is 1.10. The van der Waals surface area contributed by atoms with E-state index in [0.717, 1.165) is 5.52 Å². The molecule has 0 aliphatic rings. The van der Waals surface area contributed by atoms with E-state index in [1.165, 1.54) is 17.8 Å². The number of carbonyl (C=O) groups excluding carboxylic acids is 1. The van der Waals surface area contributed by atoms with E-state index in [-0.39, 0.29) is 5.78 Å². The van der Waals surface area contributed by atoms with Crippen molar-refractivity contribution in [2.45, 2.75) is 6.92 Å². The predicted octanol–water partition coefficient (Wildman–Crippen LogP) is 0.932. The molecule has 2 heterocycles. The maximum atomic E-state index is 11.0. The van der Waals surface area contributed by atoms with Crippen molar-refractivity contribution < 1.29 is 4.79 Å². The van der Waals surface area contributed by atoms with Crippen molar-refractivity contribution in [1.82, 2.24) is 14.8 Å². The number of nitrogens with zero attached hydrogens (tertiary/aromatic N) is 3. The van der Waals surface area contributed by atoms with Gasteiger partial charge in [0.2, 0.25) is 0 Å². The van der Waals surface area contributed by atoms with E-state index in [1.807, 2.05) is 6.07 Å². The summed E-state index contributed by atoms with van der Waals surface area (Å²) in [5.74, 6) is 0.0120. The SMILES string of the molecule is CC(=O)c1cnn2ncccc12. The summed E-state index contributed by atoms with van der Waals surface area (Å²) < 4.78 is 1.44. The highest BCUT2D eigenvalue weighted by Gasteiger charge is 2.06. The van der Waals surface area contributed by atoms with Crippen LogP contribution in [0.1, 0.15) is 17.3 Å². The zero-order valence-corrected chi connectivity index (χ0v) is 6.56. The quantitative estimate of drug-likeness (QED) is 0.584. The molecule has 2 rings (SSSR count). The minimum absolute atomic E-state index is 0.0120. The van der Waals surface area contributed by atoms with Gasteiger partial charge in [-0.2, -0.15) is 14.8 Å². The summed E-state index contributed by atoms with van der Waals surface area (Å²) in [6.45, 7) is 1.52. The third kappa shape index (κ3) is 0.887. The van der Waals surface area contributed by atoms with Gasteiger partial charge in [-0.3, -0.25) is 4.79 Å². The summed E-state index contributed by atoms with van der Waals surface area (Å²) in [4.78, 5) is 11.0. The van der Waals surface area contributed by atoms with Crippen LogP contribution in [0, 0.1) is 0 Å².